The van der Waals surface area contributed by atoms with Gasteiger partial charge in [-0.15, -0.1) is 0 Å². The van der Waals surface area contributed by atoms with Crippen LogP contribution in [0.15, 0.2) is 21.9 Å². The number of carbonyl (C=O) groups is 2. The average molecular weight is 298 g/mol. The number of H-pyrrole nitrogens is 1. The first kappa shape index (κ1) is 15.0. The third-order valence-corrected chi connectivity index (χ3v) is 2.90. The van der Waals surface area contributed by atoms with E-state index in [0.717, 1.165) is 0 Å². The largest absolute Gasteiger partial charge is 0.508 e. The van der Waals surface area contributed by atoms with Gasteiger partial charge in [0.1, 0.15) is 12.8 Å². The van der Waals surface area contributed by atoms with Gasteiger partial charge < -0.3 is 14.2 Å². The Morgan fingerprint density at radius 2 is 2.24 bits per heavy atom. The molecule has 2 heterocycles. The predicted octanol–water partition coefficient (Wildman–Crippen LogP) is -0.434. The molecule has 0 saturated carbocycles. The highest BCUT2D eigenvalue weighted by Gasteiger charge is 2.28. The molecule has 2 rings (SSSR count). The van der Waals surface area contributed by atoms with Crippen LogP contribution in [0.2, 0.25) is 0 Å². The maximum Gasteiger partial charge on any atom is 0.508 e. The SMILES string of the molecule is O=CCOC(=O)OCC1CCC(n2ccc(=O)[nH]c2=O)O1. The Labute approximate surface area is 118 Å². The zero-order valence-electron chi connectivity index (χ0n) is 11.0. The monoisotopic (exact) mass is 298 g/mol. The minimum atomic E-state index is -0.949. The molecule has 1 aliphatic rings. The molecule has 0 radical (unpaired) electrons. The maximum absolute atomic E-state index is 11.6. The number of aldehydes is 1. The molecule has 2 atom stereocenters. The molecule has 114 valence electrons. The Bertz CT molecular complexity index is 621. The first-order valence-corrected chi connectivity index (χ1v) is 6.30. The minimum Gasteiger partial charge on any atom is -0.432 e. The summed E-state index contributed by atoms with van der Waals surface area (Å²) >= 11 is 0. The summed E-state index contributed by atoms with van der Waals surface area (Å²) in [6, 6.07) is 1.23. The fraction of sp³-hybridized carbons (Fsp3) is 0.500. The fourth-order valence-electron chi connectivity index (χ4n) is 1.97. The first-order chi connectivity index (χ1) is 10.1. The number of aromatic amines is 1. The Hall–Kier alpha value is -2.42. The molecule has 9 heteroatoms. The van der Waals surface area contributed by atoms with Crippen molar-refractivity contribution in [2.45, 2.75) is 25.2 Å². The Morgan fingerprint density at radius 1 is 1.43 bits per heavy atom. The van der Waals surface area contributed by atoms with Gasteiger partial charge in [-0.2, -0.15) is 0 Å². The van der Waals surface area contributed by atoms with Crippen LogP contribution in [0.1, 0.15) is 19.1 Å². The lowest BCUT2D eigenvalue weighted by atomic mass is 10.2. The molecule has 1 N–H and O–H groups in total. The van der Waals surface area contributed by atoms with E-state index >= 15 is 0 Å². The third kappa shape index (κ3) is 4.02. The molecular weight excluding hydrogens is 284 g/mol. The summed E-state index contributed by atoms with van der Waals surface area (Å²) in [5, 5.41) is 0. The van der Waals surface area contributed by atoms with Crippen molar-refractivity contribution in [2.24, 2.45) is 0 Å². The number of hydrogen-bond acceptors (Lipinski definition) is 7. The molecule has 0 amide bonds. The number of nitrogens with zero attached hydrogens (tertiary/aromatic N) is 1. The summed E-state index contributed by atoms with van der Waals surface area (Å²) < 4.78 is 16.0. The van der Waals surface area contributed by atoms with E-state index in [0.29, 0.717) is 19.1 Å². The van der Waals surface area contributed by atoms with Gasteiger partial charge in [0, 0.05) is 12.3 Å². The van der Waals surface area contributed by atoms with Crippen LogP contribution in [0.3, 0.4) is 0 Å². The average Bonchev–Trinajstić information content (AvgIpc) is 2.91. The summed E-state index contributed by atoms with van der Waals surface area (Å²) in [5.74, 6) is 0. The number of carbonyl (C=O) groups excluding carboxylic acids is 2. The number of nitrogens with one attached hydrogen (secondary N) is 1. The second-order valence-electron chi connectivity index (χ2n) is 4.35. The lowest BCUT2D eigenvalue weighted by Gasteiger charge is -2.15. The number of ether oxygens (including phenoxy) is 3. The van der Waals surface area contributed by atoms with E-state index in [1.165, 1.54) is 16.8 Å². The molecular formula is C12H14N2O7. The van der Waals surface area contributed by atoms with Crippen LogP contribution in [0.5, 0.6) is 0 Å². The normalized spacial score (nSPS) is 21.0. The number of aromatic nitrogens is 2. The Kier molecular flexibility index (Phi) is 4.88. The lowest BCUT2D eigenvalue weighted by molar-refractivity contribution is -0.111. The van der Waals surface area contributed by atoms with E-state index < -0.39 is 23.6 Å². The van der Waals surface area contributed by atoms with Crippen molar-refractivity contribution >= 4 is 12.4 Å². The molecule has 9 nitrogen and oxygen atoms in total. The first-order valence-electron chi connectivity index (χ1n) is 6.30. The molecule has 0 aliphatic carbocycles. The summed E-state index contributed by atoms with van der Waals surface area (Å²) in [6.07, 6.45) is 1.07. The molecule has 2 unspecified atom stereocenters. The fourth-order valence-corrected chi connectivity index (χ4v) is 1.97. The molecule has 1 aliphatic heterocycles. The van der Waals surface area contributed by atoms with Crippen LogP contribution in [0.4, 0.5) is 4.79 Å². The lowest BCUT2D eigenvalue weighted by Crippen LogP contribution is -2.32. The molecule has 21 heavy (non-hydrogen) atoms. The van der Waals surface area contributed by atoms with Gasteiger partial charge in [0.2, 0.25) is 0 Å². The van der Waals surface area contributed by atoms with Gasteiger partial charge in [0.05, 0.1) is 6.10 Å². The molecule has 1 aromatic rings. The molecule has 0 aromatic carbocycles. The minimum absolute atomic E-state index is 0.0354. The van der Waals surface area contributed by atoms with Crippen LogP contribution in [-0.4, -0.2) is 41.3 Å². The molecule has 1 saturated heterocycles. The highest BCUT2D eigenvalue weighted by atomic mass is 16.7. The Morgan fingerprint density at radius 3 is 2.95 bits per heavy atom. The van der Waals surface area contributed by atoms with E-state index in [1.54, 1.807) is 0 Å². The smallest absolute Gasteiger partial charge is 0.432 e. The van der Waals surface area contributed by atoms with Crippen LogP contribution >= 0.6 is 0 Å². The molecule has 1 aromatic heterocycles. The van der Waals surface area contributed by atoms with Gasteiger partial charge in [-0.25, -0.2) is 9.59 Å². The van der Waals surface area contributed by atoms with E-state index in [1.807, 2.05) is 0 Å². The van der Waals surface area contributed by atoms with Crippen molar-refractivity contribution in [3.8, 4) is 0 Å². The van der Waals surface area contributed by atoms with Crippen LogP contribution in [0.25, 0.3) is 0 Å². The Balaban J connectivity index is 1.86. The second-order valence-corrected chi connectivity index (χ2v) is 4.35. The summed E-state index contributed by atoms with van der Waals surface area (Å²) in [5.41, 5.74) is -1.04. The zero-order valence-corrected chi connectivity index (χ0v) is 11.0. The van der Waals surface area contributed by atoms with E-state index in [9.17, 15) is 19.2 Å². The van der Waals surface area contributed by atoms with Crippen LogP contribution in [0, 0.1) is 0 Å². The summed E-state index contributed by atoms with van der Waals surface area (Å²) in [7, 11) is 0. The van der Waals surface area contributed by atoms with Gasteiger partial charge in [-0.3, -0.25) is 19.1 Å². The zero-order chi connectivity index (χ0) is 15.2. The van der Waals surface area contributed by atoms with Gasteiger partial charge in [0.15, 0.2) is 12.9 Å². The standard InChI is InChI=1S/C12H14N2O7/c15-5-6-19-12(18)20-7-8-1-2-10(21-8)14-4-3-9(16)13-11(14)17/h3-5,8,10H,1-2,6-7H2,(H,13,16,17). The van der Waals surface area contributed by atoms with Gasteiger partial charge in [-0.05, 0) is 12.8 Å². The number of rotatable bonds is 5. The highest BCUT2D eigenvalue weighted by molar-refractivity contribution is 5.63. The van der Waals surface area contributed by atoms with Gasteiger partial charge in [0.25, 0.3) is 5.56 Å². The highest BCUT2D eigenvalue weighted by Crippen LogP contribution is 2.26. The third-order valence-electron chi connectivity index (χ3n) is 2.90. The van der Waals surface area contributed by atoms with Crippen molar-refractivity contribution in [3.63, 3.8) is 0 Å². The number of hydrogen-bond donors (Lipinski definition) is 1. The van der Waals surface area contributed by atoms with Gasteiger partial charge >= 0.3 is 11.8 Å². The van der Waals surface area contributed by atoms with Crippen molar-refractivity contribution in [1.82, 2.24) is 9.55 Å². The van der Waals surface area contributed by atoms with Crippen molar-refractivity contribution < 1.29 is 23.8 Å². The second kappa shape index (κ2) is 6.84. The van der Waals surface area contributed by atoms with E-state index in [2.05, 4.69) is 9.72 Å². The molecule has 0 bridgehead atoms. The summed E-state index contributed by atoms with van der Waals surface area (Å²) in [4.78, 5) is 45.8. The predicted molar refractivity (Wildman–Crippen MR) is 67.8 cm³/mol. The molecule has 1 fully saturated rings. The quantitative estimate of drug-likeness (QED) is 0.578. The van der Waals surface area contributed by atoms with E-state index in [4.69, 9.17) is 9.47 Å². The van der Waals surface area contributed by atoms with Crippen molar-refractivity contribution in [2.75, 3.05) is 13.2 Å². The van der Waals surface area contributed by atoms with Crippen molar-refractivity contribution in [1.29, 1.82) is 0 Å². The summed E-state index contributed by atoms with van der Waals surface area (Å²) in [6.45, 7) is -0.397. The maximum atomic E-state index is 11.6. The van der Waals surface area contributed by atoms with Gasteiger partial charge in [-0.1, -0.05) is 0 Å². The van der Waals surface area contributed by atoms with E-state index in [-0.39, 0.29) is 19.3 Å². The van der Waals surface area contributed by atoms with Crippen LogP contribution < -0.4 is 11.2 Å². The van der Waals surface area contributed by atoms with Crippen molar-refractivity contribution in [3.05, 3.63) is 33.1 Å². The van der Waals surface area contributed by atoms with Crippen LogP contribution in [-0.2, 0) is 19.0 Å². The topological polar surface area (TPSA) is 117 Å². The molecule has 0 spiro atoms.